The highest BCUT2D eigenvalue weighted by Crippen LogP contribution is 2.14. The molecule has 1 aromatic carbocycles. The van der Waals surface area contributed by atoms with Gasteiger partial charge in [0.05, 0.1) is 13.2 Å². The van der Waals surface area contributed by atoms with Crippen LogP contribution in [0.25, 0.3) is 0 Å². The molecule has 7 heteroatoms. The third-order valence-corrected chi connectivity index (χ3v) is 2.38. The number of halogens is 2. The van der Waals surface area contributed by atoms with Crippen LogP contribution in [0.3, 0.4) is 0 Å². The largest absolute Gasteiger partial charge is 0.492 e. The van der Waals surface area contributed by atoms with Crippen LogP contribution in [0, 0.1) is 11.6 Å². The van der Waals surface area contributed by atoms with Crippen molar-refractivity contribution < 1.29 is 18.3 Å². The molecule has 0 bridgehead atoms. The Labute approximate surface area is 117 Å². The Balaban J connectivity index is 2.24. The lowest BCUT2D eigenvalue weighted by Crippen LogP contribution is -2.40. The molecule has 1 rings (SSSR count). The first kappa shape index (κ1) is 16.2. The van der Waals surface area contributed by atoms with Crippen LogP contribution in [0.5, 0.6) is 5.75 Å². The van der Waals surface area contributed by atoms with E-state index in [4.69, 9.17) is 9.47 Å². The fourth-order valence-electron chi connectivity index (χ4n) is 1.40. The lowest BCUT2D eigenvalue weighted by Gasteiger charge is -2.12. The van der Waals surface area contributed by atoms with Gasteiger partial charge in [0.15, 0.2) is 17.6 Å². The molecule has 0 aromatic heterocycles. The SMILES string of the molecule is CN=C(NCCOC)NCCOc1ccc(F)c(F)c1. The number of guanidine groups is 1. The van der Waals surface area contributed by atoms with Crippen molar-refractivity contribution in [1.29, 1.82) is 0 Å². The highest BCUT2D eigenvalue weighted by atomic mass is 19.2. The van der Waals surface area contributed by atoms with E-state index >= 15 is 0 Å². The van der Waals surface area contributed by atoms with Gasteiger partial charge in [-0.25, -0.2) is 8.78 Å². The van der Waals surface area contributed by atoms with Crippen molar-refractivity contribution in [2.24, 2.45) is 4.99 Å². The van der Waals surface area contributed by atoms with Crippen LogP contribution in [-0.2, 0) is 4.74 Å². The Kier molecular flexibility index (Phi) is 7.34. The van der Waals surface area contributed by atoms with Crippen LogP contribution < -0.4 is 15.4 Å². The summed E-state index contributed by atoms with van der Waals surface area (Å²) in [6.07, 6.45) is 0. The molecule has 0 heterocycles. The topological polar surface area (TPSA) is 54.9 Å². The van der Waals surface area contributed by atoms with Gasteiger partial charge in [0.2, 0.25) is 0 Å². The van der Waals surface area contributed by atoms with Gasteiger partial charge in [-0.3, -0.25) is 4.99 Å². The Bertz CT molecular complexity index is 442. The molecule has 0 aliphatic heterocycles. The molecule has 0 amide bonds. The van der Waals surface area contributed by atoms with Crippen LogP contribution in [0.1, 0.15) is 0 Å². The second kappa shape index (κ2) is 9.08. The number of rotatable bonds is 7. The first-order valence-electron chi connectivity index (χ1n) is 6.18. The summed E-state index contributed by atoms with van der Waals surface area (Å²) in [6.45, 7) is 1.99. The van der Waals surface area contributed by atoms with E-state index in [9.17, 15) is 8.78 Å². The normalized spacial score (nSPS) is 11.3. The van der Waals surface area contributed by atoms with E-state index in [-0.39, 0.29) is 5.75 Å². The summed E-state index contributed by atoms with van der Waals surface area (Å²) < 4.78 is 35.8. The highest BCUT2D eigenvalue weighted by molar-refractivity contribution is 5.79. The van der Waals surface area contributed by atoms with Crippen molar-refractivity contribution in [3.8, 4) is 5.75 Å². The summed E-state index contributed by atoms with van der Waals surface area (Å²) in [5.74, 6) is -0.908. The van der Waals surface area contributed by atoms with Crippen LogP contribution in [0.15, 0.2) is 23.2 Å². The lowest BCUT2D eigenvalue weighted by molar-refractivity contribution is 0.203. The average Bonchev–Trinajstić information content (AvgIpc) is 2.45. The average molecular weight is 287 g/mol. The minimum absolute atomic E-state index is 0.285. The summed E-state index contributed by atoms with van der Waals surface area (Å²) in [4.78, 5) is 4.00. The number of hydrogen-bond acceptors (Lipinski definition) is 3. The molecule has 1 aromatic rings. The lowest BCUT2D eigenvalue weighted by atomic mass is 10.3. The standard InChI is InChI=1S/C13H19F2N3O2/c1-16-13(17-5-7-19-2)18-6-8-20-10-3-4-11(14)12(15)9-10/h3-4,9H,5-8H2,1-2H3,(H2,16,17,18). The molecule has 5 nitrogen and oxygen atoms in total. The van der Waals surface area contributed by atoms with E-state index in [1.165, 1.54) is 6.07 Å². The molecule has 0 aliphatic rings. The van der Waals surface area contributed by atoms with Gasteiger partial charge in [0.25, 0.3) is 0 Å². The molecule has 0 fully saturated rings. The zero-order valence-electron chi connectivity index (χ0n) is 11.6. The number of ether oxygens (including phenoxy) is 2. The fraction of sp³-hybridized carbons (Fsp3) is 0.462. The minimum atomic E-state index is -0.924. The van der Waals surface area contributed by atoms with E-state index in [0.29, 0.717) is 32.3 Å². The van der Waals surface area contributed by atoms with E-state index in [1.54, 1.807) is 14.2 Å². The van der Waals surface area contributed by atoms with Crippen molar-refractivity contribution in [2.45, 2.75) is 0 Å². The van der Waals surface area contributed by atoms with E-state index in [2.05, 4.69) is 15.6 Å². The van der Waals surface area contributed by atoms with Crippen LogP contribution in [0.4, 0.5) is 8.78 Å². The first-order valence-corrected chi connectivity index (χ1v) is 6.18. The first-order chi connectivity index (χ1) is 9.67. The molecule has 0 spiro atoms. The maximum Gasteiger partial charge on any atom is 0.191 e. The Morgan fingerprint density at radius 2 is 1.85 bits per heavy atom. The molecular weight excluding hydrogens is 268 g/mol. The smallest absolute Gasteiger partial charge is 0.191 e. The number of methoxy groups -OCH3 is 1. The second-order valence-electron chi connectivity index (χ2n) is 3.84. The van der Waals surface area contributed by atoms with Crippen molar-refractivity contribution in [3.63, 3.8) is 0 Å². The predicted octanol–water partition coefficient (Wildman–Crippen LogP) is 1.15. The van der Waals surface area contributed by atoms with Gasteiger partial charge in [-0.2, -0.15) is 0 Å². The molecule has 0 aliphatic carbocycles. The summed E-state index contributed by atoms with van der Waals surface area (Å²) >= 11 is 0. The molecular formula is C13H19F2N3O2. The fourth-order valence-corrected chi connectivity index (χ4v) is 1.40. The second-order valence-corrected chi connectivity index (χ2v) is 3.84. The molecule has 0 saturated carbocycles. The third-order valence-electron chi connectivity index (χ3n) is 2.38. The quantitative estimate of drug-likeness (QED) is 0.449. The van der Waals surface area contributed by atoms with Gasteiger partial charge in [-0.15, -0.1) is 0 Å². The maximum absolute atomic E-state index is 12.9. The van der Waals surface area contributed by atoms with E-state index < -0.39 is 11.6 Å². The minimum Gasteiger partial charge on any atom is -0.492 e. The molecule has 0 radical (unpaired) electrons. The monoisotopic (exact) mass is 287 g/mol. The van der Waals surface area contributed by atoms with Crippen molar-refractivity contribution in [2.75, 3.05) is 40.5 Å². The summed E-state index contributed by atoms with van der Waals surface area (Å²) in [6, 6.07) is 3.42. The molecule has 20 heavy (non-hydrogen) atoms. The van der Waals surface area contributed by atoms with Crippen LogP contribution >= 0.6 is 0 Å². The molecule has 112 valence electrons. The van der Waals surface area contributed by atoms with Crippen molar-refractivity contribution >= 4 is 5.96 Å². The molecule has 0 unspecified atom stereocenters. The number of nitrogens with zero attached hydrogens (tertiary/aromatic N) is 1. The van der Waals surface area contributed by atoms with Crippen LogP contribution in [-0.4, -0.2) is 46.4 Å². The Morgan fingerprint density at radius 3 is 2.45 bits per heavy atom. The Hall–Kier alpha value is -1.89. The van der Waals surface area contributed by atoms with Gasteiger partial charge in [-0.1, -0.05) is 0 Å². The number of hydrogen-bond donors (Lipinski definition) is 2. The molecule has 0 atom stereocenters. The highest BCUT2D eigenvalue weighted by Gasteiger charge is 2.03. The number of nitrogens with one attached hydrogen (secondary N) is 2. The van der Waals surface area contributed by atoms with Gasteiger partial charge < -0.3 is 20.1 Å². The zero-order valence-corrected chi connectivity index (χ0v) is 11.6. The Morgan fingerprint density at radius 1 is 1.15 bits per heavy atom. The zero-order chi connectivity index (χ0) is 14.8. The van der Waals surface area contributed by atoms with E-state index in [0.717, 1.165) is 12.1 Å². The number of aliphatic imine (C=N–C) groups is 1. The summed E-state index contributed by atoms with van der Waals surface area (Å²) in [7, 11) is 3.27. The molecule has 0 saturated heterocycles. The maximum atomic E-state index is 12.9. The van der Waals surface area contributed by atoms with Gasteiger partial charge in [0.1, 0.15) is 12.4 Å². The van der Waals surface area contributed by atoms with Crippen molar-refractivity contribution in [3.05, 3.63) is 29.8 Å². The van der Waals surface area contributed by atoms with Gasteiger partial charge in [0, 0.05) is 26.8 Å². The van der Waals surface area contributed by atoms with Gasteiger partial charge >= 0.3 is 0 Å². The third kappa shape index (κ3) is 5.83. The summed E-state index contributed by atoms with van der Waals surface area (Å²) in [5, 5.41) is 6.05. The molecule has 2 N–H and O–H groups in total. The van der Waals surface area contributed by atoms with E-state index in [1.807, 2.05) is 0 Å². The summed E-state index contributed by atoms with van der Waals surface area (Å²) in [5.41, 5.74) is 0. The van der Waals surface area contributed by atoms with Gasteiger partial charge in [-0.05, 0) is 12.1 Å². The predicted molar refractivity (Wildman–Crippen MR) is 73.1 cm³/mol. The number of benzene rings is 1. The van der Waals surface area contributed by atoms with Crippen molar-refractivity contribution in [1.82, 2.24) is 10.6 Å². The van der Waals surface area contributed by atoms with Crippen LogP contribution in [0.2, 0.25) is 0 Å².